The highest BCUT2D eigenvalue weighted by Crippen LogP contribution is 2.14. The SMILES string of the molecule is Cl.Nc1cnn(COCC(F)(F)F)c1. The molecule has 0 amide bonds. The summed E-state index contributed by atoms with van der Waals surface area (Å²) >= 11 is 0. The van der Waals surface area contributed by atoms with Crippen LogP contribution in [0.15, 0.2) is 12.4 Å². The van der Waals surface area contributed by atoms with Gasteiger partial charge in [-0.1, -0.05) is 0 Å². The van der Waals surface area contributed by atoms with Crippen LogP contribution < -0.4 is 5.73 Å². The van der Waals surface area contributed by atoms with Crippen LogP contribution in [0.1, 0.15) is 0 Å². The van der Waals surface area contributed by atoms with E-state index in [2.05, 4.69) is 9.84 Å². The lowest BCUT2D eigenvalue weighted by molar-refractivity contribution is -0.182. The molecule has 82 valence electrons. The number of alkyl halides is 3. The van der Waals surface area contributed by atoms with Crippen LogP contribution in [0.4, 0.5) is 18.9 Å². The number of nitrogen functional groups attached to an aromatic ring is 1. The van der Waals surface area contributed by atoms with Crippen LogP contribution in [0.3, 0.4) is 0 Å². The molecule has 4 nitrogen and oxygen atoms in total. The first-order valence-electron chi connectivity index (χ1n) is 3.40. The zero-order valence-electron chi connectivity index (χ0n) is 6.99. The van der Waals surface area contributed by atoms with Crippen molar-refractivity contribution < 1.29 is 17.9 Å². The predicted octanol–water partition coefficient (Wildman–Crippen LogP) is 1.42. The molecule has 0 saturated heterocycles. The normalized spacial score (nSPS) is 11.1. The molecule has 1 heterocycles. The highest BCUT2D eigenvalue weighted by atomic mass is 35.5. The molecule has 0 unspecified atom stereocenters. The second-order valence-electron chi connectivity index (χ2n) is 2.41. The molecule has 0 bridgehead atoms. The number of rotatable bonds is 3. The minimum absolute atomic E-state index is 0. The predicted molar refractivity (Wildman–Crippen MR) is 45.9 cm³/mol. The maximum Gasteiger partial charge on any atom is 0.411 e. The Morgan fingerprint density at radius 2 is 2.14 bits per heavy atom. The molecule has 8 heteroatoms. The van der Waals surface area contributed by atoms with Crippen molar-refractivity contribution in [2.24, 2.45) is 0 Å². The molecular formula is C6H9ClF3N3O. The van der Waals surface area contributed by atoms with Gasteiger partial charge in [-0.2, -0.15) is 18.3 Å². The lowest BCUT2D eigenvalue weighted by atomic mass is 10.6. The summed E-state index contributed by atoms with van der Waals surface area (Å²) in [6, 6.07) is 0. The lowest BCUT2D eigenvalue weighted by Gasteiger charge is -2.06. The molecule has 0 aliphatic heterocycles. The van der Waals surface area contributed by atoms with Gasteiger partial charge in [0, 0.05) is 0 Å². The highest BCUT2D eigenvalue weighted by molar-refractivity contribution is 5.85. The molecule has 1 aromatic heterocycles. The summed E-state index contributed by atoms with van der Waals surface area (Å²) in [5, 5.41) is 3.63. The molecule has 0 radical (unpaired) electrons. The number of nitrogens with two attached hydrogens (primary N) is 1. The third kappa shape index (κ3) is 4.93. The van der Waals surface area contributed by atoms with E-state index in [0.717, 1.165) is 0 Å². The van der Waals surface area contributed by atoms with Crippen molar-refractivity contribution >= 4 is 18.1 Å². The molecule has 0 aromatic carbocycles. The van der Waals surface area contributed by atoms with E-state index in [-0.39, 0.29) is 19.1 Å². The minimum atomic E-state index is -4.31. The Labute approximate surface area is 84.2 Å². The van der Waals surface area contributed by atoms with E-state index in [9.17, 15) is 13.2 Å². The monoisotopic (exact) mass is 231 g/mol. The first-order valence-corrected chi connectivity index (χ1v) is 3.40. The molecule has 2 N–H and O–H groups in total. The molecular weight excluding hydrogens is 223 g/mol. The van der Waals surface area contributed by atoms with Gasteiger partial charge in [0.25, 0.3) is 0 Å². The number of nitrogens with zero attached hydrogens (tertiary/aromatic N) is 2. The van der Waals surface area contributed by atoms with Crippen molar-refractivity contribution in [2.75, 3.05) is 12.3 Å². The van der Waals surface area contributed by atoms with E-state index in [4.69, 9.17) is 5.73 Å². The molecule has 0 fully saturated rings. The van der Waals surface area contributed by atoms with Crippen molar-refractivity contribution in [3.63, 3.8) is 0 Å². The van der Waals surface area contributed by atoms with Crippen LogP contribution in [-0.2, 0) is 11.5 Å². The summed E-state index contributed by atoms with van der Waals surface area (Å²) in [5.74, 6) is 0. The van der Waals surface area contributed by atoms with Crippen molar-refractivity contribution in [1.29, 1.82) is 0 Å². The molecule has 0 spiro atoms. The fourth-order valence-electron chi connectivity index (χ4n) is 0.705. The van der Waals surface area contributed by atoms with Gasteiger partial charge in [-0.15, -0.1) is 12.4 Å². The van der Waals surface area contributed by atoms with Gasteiger partial charge in [0.1, 0.15) is 13.3 Å². The molecule has 1 rings (SSSR count). The molecule has 0 aliphatic carbocycles. The Balaban J connectivity index is 0.00000169. The average Bonchev–Trinajstić information content (AvgIpc) is 2.33. The Bertz CT molecular complexity index is 276. The van der Waals surface area contributed by atoms with Gasteiger partial charge in [0.2, 0.25) is 0 Å². The molecule has 14 heavy (non-hydrogen) atoms. The zero-order valence-corrected chi connectivity index (χ0v) is 7.81. The van der Waals surface area contributed by atoms with Crippen molar-refractivity contribution in [2.45, 2.75) is 12.9 Å². The second kappa shape index (κ2) is 5.06. The van der Waals surface area contributed by atoms with E-state index in [1.54, 1.807) is 0 Å². The Morgan fingerprint density at radius 3 is 2.57 bits per heavy atom. The molecule has 0 saturated carbocycles. The van der Waals surface area contributed by atoms with Crippen molar-refractivity contribution in [3.05, 3.63) is 12.4 Å². The summed E-state index contributed by atoms with van der Waals surface area (Å²) < 4.78 is 40.3. The van der Waals surface area contributed by atoms with E-state index in [1.807, 2.05) is 0 Å². The number of anilines is 1. The fraction of sp³-hybridized carbons (Fsp3) is 0.500. The van der Waals surface area contributed by atoms with Crippen LogP contribution in [0.25, 0.3) is 0 Å². The van der Waals surface area contributed by atoms with Crippen LogP contribution in [-0.4, -0.2) is 22.6 Å². The zero-order chi connectivity index (χ0) is 9.90. The quantitative estimate of drug-likeness (QED) is 0.856. The third-order valence-corrected chi connectivity index (χ3v) is 1.14. The van der Waals surface area contributed by atoms with Gasteiger partial charge in [-0.3, -0.25) is 0 Å². The van der Waals surface area contributed by atoms with E-state index < -0.39 is 12.8 Å². The van der Waals surface area contributed by atoms with Gasteiger partial charge < -0.3 is 10.5 Å². The summed E-state index contributed by atoms with van der Waals surface area (Å²) in [7, 11) is 0. The van der Waals surface area contributed by atoms with Crippen LogP contribution in [0, 0.1) is 0 Å². The topological polar surface area (TPSA) is 53.1 Å². The van der Waals surface area contributed by atoms with Gasteiger partial charge in [0.05, 0.1) is 18.1 Å². The number of halogens is 4. The number of ether oxygens (including phenoxy) is 1. The standard InChI is InChI=1S/C6H8F3N3O.ClH/c7-6(8,9)3-13-4-12-2-5(10)1-11-12;/h1-2H,3-4,10H2;1H. The average molecular weight is 232 g/mol. The van der Waals surface area contributed by atoms with Crippen LogP contribution >= 0.6 is 12.4 Å². The van der Waals surface area contributed by atoms with Gasteiger partial charge in [-0.25, -0.2) is 4.68 Å². The minimum Gasteiger partial charge on any atom is -0.396 e. The lowest BCUT2D eigenvalue weighted by Crippen LogP contribution is -2.18. The summed E-state index contributed by atoms with van der Waals surface area (Å²) in [6.07, 6.45) is -1.59. The van der Waals surface area contributed by atoms with Gasteiger partial charge in [-0.05, 0) is 0 Å². The molecule has 1 aromatic rings. The second-order valence-corrected chi connectivity index (χ2v) is 2.41. The largest absolute Gasteiger partial charge is 0.411 e. The van der Waals surface area contributed by atoms with Crippen molar-refractivity contribution in [1.82, 2.24) is 9.78 Å². The number of hydrogen-bond acceptors (Lipinski definition) is 3. The van der Waals surface area contributed by atoms with Crippen LogP contribution in [0.2, 0.25) is 0 Å². The van der Waals surface area contributed by atoms with Gasteiger partial charge >= 0.3 is 6.18 Å². The maximum atomic E-state index is 11.6. The number of hydrogen-bond donors (Lipinski definition) is 1. The third-order valence-electron chi connectivity index (χ3n) is 1.14. The highest BCUT2D eigenvalue weighted by Gasteiger charge is 2.27. The van der Waals surface area contributed by atoms with Crippen LogP contribution in [0.5, 0.6) is 0 Å². The summed E-state index contributed by atoms with van der Waals surface area (Å²) in [6.45, 7) is -1.54. The number of aromatic nitrogens is 2. The first kappa shape index (κ1) is 13.0. The summed E-state index contributed by atoms with van der Waals surface area (Å²) in [5.41, 5.74) is 5.66. The van der Waals surface area contributed by atoms with E-state index in [1.165, 1.54) is 17.1 Å². The molecule has 0 aliphatic rings. The first-order chi connectivity index (χ1) is 5.97. The fourth-order valence-corrected chi connectivity index (χ4v) is 0.705. The van der Waals surface area contributed by atoms with Crippen molar-refractivity contribution in [3.8, 4) is 0 Å². The molecule has 0 atom stereocenters. The van der Waals surface area contributed by atoms with E-state index in [0.29, 0.717) is 5.69 Å². The smallest absolute Gasteiger partial charge is 0.396 e. The Morgan fingerprint density at radius 1 is 1.50 bits per heavy atom. The maximum absolute atomic E-state index is 11.6. The summed E-state index contributed by atoms with van der Waals surface area (Å²) in [4.78, 5) is 0. The Hall–Kier alpha value is -0.950. The van der Waals surface area contributed by atoms with E-state index >= 15 is 0 Å². The Kier molecular flexibility index (Phi) is 4.72. The van der Waals surface area contributed by atoms with Gasteiger partial charge in [0.15, 0.2) is 0 Å².